The normalized spacial score (nSPS) is 11.2. The summed E-state index contributed by atoms with van der Waals surface area (Å²) in [6.45, 7) is 2.40. The third-order valence-corrected chi connectivity index (χ3v) is 5.85. The lowest BCUT2D eigenvalue weighted by atomic mass is 10.1. The fourth-order valence-electron chi connectivity index (χ4n) is 2.77. The number of carboxylic acid groups (broad SMARTS) is 1. The first-order chi connectivity index (χ1) is 14.2. The van der Waals surface area contributed by atoms with Crippen molar-refractivity contribution in [1.29, 1.82) is 0 Å². The molecule has 2 N–H and O–H groups in total. The fourth-order valence-corrected chi connectivity index (χ4v) is 4.00. The average Bonchev–Trinajstić information content (AvgIpc) is 2.71. The fraction of sp³-hybridized carbons (Fsp3) is 0.0952. The first-order valence-electron chi connectivity index (χ1n) is 8.79. The number of hydrogen-bond acceptors (Lipinski definition) is 4. The molecule has 0 aliphatic heterocycles. The van der Waals surface area contributed by atoms with Crippen molar-refractivity contribution in [3.63, 3.8) is 0 Å². The molecule has 0 aliphatic rings. The second-order valence-electron chi connectivity index (χ2n) is 6.21. The smallest absolute Gasteiger partial charge is 0.337 e. The van der Waals surface area contributed by atoms with Crippen LogP contribution >= 0.6 is 11.6 Å². The molecule has 6 nitrogen and oxygen atoms in total. The van der Waals surface area contributed by atoms with Crippen LogP contribution in [0.3, 0.4) is 0 Å². The van der Waals surface area contributed by atoms with E-state index in [1.165, 1.54) is 12.1 Å². The summed E-state index contributed by atoms with van der Waals surface area (Å²) in [5, 5.41) is 8.82. The predicted molar refractivity (Wildman–Crippen MR) is 112 cm³/mol. The number of hydrogen-bond donors (Lipinski definition) is 2. The zero-order valence-corrected chi connectivity index (χ0v) is 17.3. The molecule has 0 atom stereocenters. The number of aromatic carboxylic acids is 1. The van der Waals surface area contributed by atoms with E-state index in [2.05, 4.69) is 4.72 Å². The number of benzene rings is 3. The highest BCUT2D eigenvalue weighted by Crippen LogP contribution is 2.28. The molecule has 3 aromatic carbocycles. The van der Waals surface area contributed by atoms with Gasteiger partial charge in [0.2, 0.25) is 0 Å². The largest absolute Gasteiger partial charge is 0.494 e. The third kappa shape index (κ3) is 4.72. The molecule has 0 fully saturated rings. The molecule has 30 heavy (non-hydrogen) atoms. The lowest BCUT2D eigenvalue weighted by molar-refractivity contribution is 0.0698. The lowest BCUT2D eigenvalue weighted by Crippen LogP contribution is -2.16. The Morgan fingerprint density at radius 2 is 1.80 bits per heavy atom. The van der Waals surface area contributed by atoms with Crippen molar-refractivity contribution in [3.05, 3.63) is 77.1 Å². The van der Waals surface area contributed by atoms with Gasteiger partial charge in [-0.25, -0.2) is 17.6 Å². The zero-order chi connectivity index (χ0) is 21.9. The molecule has 0 unspecified atom stereocenters. The first-order valence-corrected chi connectivity index (χ1v) is 10.7. The van der Waals surface area contributed by atoms with Crippen LogP contribution in [0.15, 0.2) is 65.6 Å². The number of carbonyl (C=O) groups is 1. The van der Waals surface area contributed by atoms with Gasteiger partial charge in [0.1, 0.15) is 11.6 Å². The van der Waals surface area contributed by atoms with Gasteiger partial charge in [-0.1, -0.05) is 35.9 Å². The molecule has 0 saturated heterocycles. The van der Waals surface area contributed by atoms with Crippen molar-refractivity contribution in [2.75, 3.05) is 11.3 Å². The van der Waals surface area contributed by atoms with Crippen LogP contribution in [-0.2, 0) is 10.0 Å². The van der Waals surface area contributed by atoms with Gasteiger partial charge in [0, 0.05) is 6.07 Å². The summed E-state index contributed by atoms with van der Waals surface area (Å²) in [4.78, 5) is 11.2. The van der Waals surface area contributed by atoms with Crippen LogP contribution in [0, 0.1) is 5.82 Å². The van der Waals surface area contributed by atoms with Gasteiger partial charge in [0.15, 0.2) is 0 Å². The highest BCUT2D eigenvalue weighted by atomic mass is 35.5. The van der Waals surface area contributed by atoms with Crippen LogP contribution in [0.1, 0.15) is 17.3 Å². The van der Waals surface area contributed by atoms with Crippen LogP contribution < -0.4 is 9.46 Å². The molecular weight excluding hydrogens is 433 g/mol. The maximum Gasteiger partial charge on any atom is 0.337 e. The minimum absolute atomic E-state index is 0.112. The van der Waals surface area contributed by atoms with Crippen molar-refractivity contribution in [1.82, 2.24) is 0 Å². The molecule has 0 saturated carbocycles. The quantitative estimate of drug-likeness (QED) is 0.527. The Morgan fingerprint density at radius 1 is 1.10 bits per heavy atom. The van der Waals surface area contributed by atoms with Crippen molar-refractivity contribution in [2.24, 2.45) is 0 Å². The van der Waals surface area contributed by atoms with Crippen LogP contribution in [0.2, 0.25) is 5.02 Å². The van der Waals surface area contributed by atoms with Gasteiger partial charge in [0.05, 0.1) is 27.8 Å². The van der Waals surface area contributed by atoms with Crippen LogP contribution in [0.4, 0.5) is 10.1 Å². The summed E-state index contributed by atoms with van der Waals surface area (Å²) in [7, 11) is -4.16. The Morgan fingerprint density at radius 3 is 2.43 bits per heavy atom. The van der Waals surface area contributed by atoms with Crippen molar-refractivity contribution in [2.45, 2.75) is 11.8 Å². The number of sulfonamides is 1. The summed E-state index contributed by atoms with van der Waals surface area (Å²) in [5.74, 6) is -1.69. The number of anilines is 1. The van der Waals surface area contributed by atoms with E-state index in [1.54, 1.807) is 12.1 Å². The Labute approximate surface area is 177 Å². The van der Waals surface area contributed by atoms with Gasteiger partial charge < -0.3 is 9.84 Å². The first kappa shape index (κ1) is 21.6. The van der Waals surface area contributed by atoms with E-state index in [0.29, 0.717) is 12.4 Å². The lowest BCUT2D eigenvalue weighted by Gasteiger charge is -2.12. The number of carboxylic acids is 1. The Balaban J connectivity index is 1.90. The summed E-state index contributed by atoms with van der Waals surface area (Å²) >= 11 is 5.60. The molecule has 0 radical (unpaired) electrons. The number of rotatable bonds is 7. The van der Waals surface area contributed by atoms with Gasteiger partial charge >= 0.3 is 5.97 Å². The summed E-state index contributed by atoms with van der Waals surface area (Å²) in [6, 6.07) is 14.9. The highest BCUT2D eigenvalue weighted by Gasteiger charge is 2.21. The second kappa shape index (κ2) is 8.73. The van der Waals surface area contributed by atoms with Gasteiger partial charge in [-0.3, -0.25) is 4.72 Å². The van der Waals surface area contributed by atoms with Crippen molar-refractivity contribution in [3.8, 4) is 16.9 Å². The summed E-state index contributed by atoms with van der Waals surface area (Å²) in [5.41, 5.74) is 0.720. The second-order valence-corrected chi connectivity index (χ2v) is 8.30. The van der Waals surface area contributed by atoms with Crippen molar-refractivity contribution < 1.29 is 27.4 Å². The number of ether oxygens (including phenoxy) is 1. The van der Waals surface area contributed by atoms with Gasteiger partial charge in [0.25, 0.3) is 10.0 Å². The Kier molecular flexibility index (Phi) is 6.28. The molecule has 3 rings (SSSR count). The Hall–Kier alpha value is -3.10. The average molecular weight is 450 g/mol. The Bertz CT molecular complexity index is 1200. The zero-order valence-electron chi connectivity index (χ0n) is 15.7. The van der Waals surface area contributed by atoms with Crippen LogP contribution in [-0.4, -0.2) is 26.1 Å². The maximum atomic E-state index is 13.8. The molecule has 0 amide bonds. The molecule has 9 heteroatoms. The minimum Gasteiger partial charge on any atom is -0.494 e. The van der Waals surface area contributed by atoms with Gasteiger partial charge in [-0.2, -0.15) is 0 Å². The van der Waals surface area contributed by atoms with E-state index in [9.17, 15) is 22.7 Å². The molecule has 3 aromatic rings. The van der Waals surface area contributed by atoms with E-state index in [0.717, 1.165) is 23.3 Å². The molecule has 0 spiro atoms. The molecule has 0 bridgehead atoms. The van der Waals surface area contributed by atoms with Crippen molar-refractivity contribution >= 4 is 33.3 Å². The van der Waals surface area contributed by atoms with Crippen LogP contribution in [0.25, 0.3) is 11.1 Å². The SMILES string of the molecule is CCOc1cccc(-c2ccc(S(=O)(=O)Nc3cc(F)c(Cl)cc3C(=O)O)cc2)c1. The van der Waals surface area contributed by atoms with Gasteiger partial charge in [-0.05, 0) is 48.4 Å². The maximum absolute atomic E-state index is 13.8. The van der Waals surface area contributed by atoms with E-state index in [4.69, 9.17) is 16.3 Å². The highest BCUT2D eigenvalue weighted by molar-refractivity contribution is 7.92. The minimum atomic E-state index is -4.16. The predicted octanol–water partition coefficient (Wildman–Crippen LogP) is 5.04. The molecule has 156 valence electrons. The topological polar surface area (TPSA) is 92.7 Å². The monoisotopic (exact) mass is 449 g/mol. The summed E-state index contributed by atoms with van der Waals surface area (Å²) in [6.07, 6.45) is 0. The van der Waals surface area contributed by atoms with Gasteiger partial charge in [-0.15, -0.1) is 0 Å². The molecule has 0 aliphatic carbocycles. The van der Waals surface area contributed by atoms with E-state index < -0.39 is 38.1 Å². The summed E-state index contributed by atoms with van der Waals surface area (Å²) < 4.78 is 46.7. The van der Waals surface area contributed by atoms with Crippen LogP contribution in [0.5, 0.6) is 5.75 Å². The number of nitrogens with one attached hydrogen (secondary N) is 1. The van der Waals surface area contributed by atoms with E-state index in [1.807, 2.05) is 31.2 Å². The molecule has 0 heterocycles. The third-order valence-electron chi connectivity index (χ3n) is 4.18. The molecule has 0 aromatic heterocycles. The number of halogens is 2. The van der Waals surface area contributed by atoms with E-state index in [-0.39, 0.29) is 4.90 Å². The van der Waals surface area contributed by atoms with E-state index >= 15 is 0 Å². The standard InChI is InChI=1S/C21H17ClFNO5S/c1-2-29-15-5-3-4-14(10-15)13-6-8-16(9-7-13)30(27,28)24-20-12-19(23)18(22)11-17(20)21(25)26/h3-12,24H,2H2,1H3,(H,25,26). The molecular formula is C21H17ClFNO5S.